The summed E-state index contributed by atoms with van der Waals surface area (Å²) in [4.78, 5) is 56.2. The first kappa shape index (κ1) is 38.3. The van der Waals surface area contributed by atoms with Gasteiger partial charge >= 0.3 is 12.1 Å². The molecular weight excluding hydrogens is 586 g/mol. The standard InChI is InChI=1S/C36H53N3O7/c1-23(2)20-28(38-34(44)46-36(8,9)10)32(42)39(18-19-40)30(27-17-16-24(3)25(4)21-27)31(41)37-29(33(43)45-35(5,6)7)22-26-14-12-11-13-15-26/h11-17,21,23,28-30,40H,18-20,22H2,1-10H3,(H,37,41)(H,38,44). The summed E-state index contributed by atoms with van der Waals surface area (Å²) < 4.78 is 11.1. The summed E-state index contributed by atoms with van der Waals surface area (Å²) in [6.45, 7) is 17.4. The van der Waals surface area contributed by atoms with Crippen LogP contribution in [0.1, 0.15) is 90.1 Å². The van der Waals surface area contributed by atoms with Gasteiger partial charge in [-0.2, -0.15) is 0 Å². The summed E-state index contributed by atoms with van der Waals surface area (Å²) in [5.41, 5.74) is 1.58. The lowest BCUT2D eigenvalue weighted by Gasteiger charge is -2.35. The van der Waals surface area contributed by atoms with E-state index in [0.717, 1.165) is 16.7 Å². The number of nitrogens with zero attached hydrogens (tertiary/aromatic N) is 1. The molecule has 3 atom stereocenters. The largest absolute Gasteiger partial charge is 0.458 e. The third kappa shape index (κ3) is 12.5. The van der Waals surface area contributed by atoms with Gasteiger partial charge in [0.05, 0.1) is 6.61 Å². The van der Waals surface area contributed by atoms with E-state index < -0.39 is 59.8 Å². The third-order valence-electron chi connectivity index (χ3n) is 7.02. The Kier molecular flexibility index (Phi) is 13.8. The fraction of sp³-hybridized carbons (Fsp3) is 0.556. The number of carbonyl (C=O) groups excluding carboxylic acids is 4. The van der Waals surface area contributed by atoms with Gasteiger partial charge < -0.3 is 30.1 Å². The first-order valence-electron chi connectivity index (χ1n) is 15.9. The highest BCUT2D eigenvalue weighted by molar-refractivity contribution is 5.94. The molecule has 0 bridgehead atoms. The summed E-state index contributed by atoms with van der Waals surface area (Å²) in [5.74, 6) is -1.81. The van der Waals surface area contributed by atoms with E-state index in [9.17, 15) is 24.3 Å². The Labute approximate surface area is 274 Å². The lowest BCUT2D eigenvalue weighted by atomic mass is 9.96. The zero-order valence-electron chi connectivity index (χ0n) is 29.1. The second-order valence-corrected chi connectivity index (χ2v) is 14.1. The predicted octanol–water partition coefficient (Wildman–Crippen LogP) is 5.17. The predicted molar refractivity (Wildman–Crippen MR) is 178 cm³/mol. The zero-order chi connectivity index (χ0) is 34.8. The molecule has 3 amide bonds. The number of aliphatic hydroxyl groups is 1. The Morgan fingerprint density at radius 2 is 1.43 bits per heavy atom. The van der Waals surface area contributed by atoms with Gasteiger partial charge in [-0.25, -0.2) is 9.59 Å². The van der Waals surface area contributed by atoms with Crippen molar-refractivity contribution in [3.8, 4) is 0 Å². The molecule has 0 radical (unpaired) electrons. The summed E-state index contributed by atoms with van der Waals surface area (Å²) in [6, 6.07) is 11.3. The number of hydrogen-bond donors (Lipinski definition) is 3. The topological polar surface area (TPSA) is 134 Å². The lowest BCUT2D eigenvalue weighted by molar-refractivity contribution is -0.159. The fourth-order valence-electron chi connectivity index (χ4n) is 4.89. The molecule has 10 heteroatoms. The molecule has 10 nitrogen and oxygen atoms in total. The molecule has 0 aliphatic heterocycles. The minimum Gasteiger partial charge on any atom is -0.458 e. The molecule has 2 aromatic rings. The molecule has 2 rings (SSSR count). The Morgan fingerprint density at radius 3 is 1.96 bits per heavy atom. The summed E-state index contributed by atoms with van der Waals surface area (Å²) in [5, 5.41) is 15.7. The van der Waals surface area contributed by atoms with Crippen LogP contribution in [0.25, 0.3) is 0 Å². The van der Waals surface area contributed by atoms with Gasteiger partial charge in [0.1, 0.15) is 29.3 Å². The number of aliphatic hydroxyl groups excluding tert-OH is 1. The third-order valence-corrected chi connectivity index (χ3v) is 7.02. The first-order valence-corrected chi connectivity index (χ1v) is 15.9. The normalized spacial score (nSPS) is 13.7. The number of nitrogens with one attached hydrogen (secondary N) is 2. The maximum absolute atomic E-state index is 14.4. The van der Waals surface area contributed by atoms with Gasteiger partial charge in [0.15, 0.2) is 0 Å². The molecule has 0 aliphatic carbocycles. The molecule has 254 valence electrons. The summed E-state index contributed by atoms with van der Waals surface area (Å²) >= 11 is 0. The van der Waals surface area contributed by atoms with E-state index in [0.29, 0.717) is 5.56 Å². The maximum Gasteiger partial charge on any atom is 0.408 e. The first-order chi connectivity index (χ1) is 21.3. The Balaban J connectivity index is 2.61. The number of carbonyl (C=O) groups is 4. The van der Waals surface area contributed by atoms with Gasteiger partial charge in [0.2, 0.25) is 11.8 Å². The molecule has 0 aliphatic rings. The molecule has 0 aromatic heterocycles. The van der Waals surface area contributed by atoms with Crippen LogP contribution in [-0.2, 0) is 30.3 Å². The summed E-state index contributed by atoms with van der Waals surface area (Å²) in [7, 11) is 0. The lowest BCUT2D eigenvalue weighted by Crippen LogP contribution is -2.55. The molecule has 46 heavy (non-hydrogen) atoms. The Bertz CT molecular complexity index is 1330. The monoisotopic (exact) mass is 639 g/mol. The molecule has 0 spiro atoms. The van der Waals surface area contributed by atoms with E-state index in [4.69, 9.17) is 9.47 Å². The number of hydrogen-bond acceptors (Lipinski definition) is 7. The highest BCUT2D eigenvalue weighted by Gasteiger charge is 2.38. The minimum absolute atomic E-state index is 0.00354. The molecule has 0 saturated carbocycles. The van der Waals surface area contributed by atoms with Crippen LogP contribution in [-0.4, -0.2) is 70.3 Å². The van der Waals surface area contributed by atoms with Crippen LogP contribution in [0.3, 0.4) is 0 Å². The van der Waals surface area contributed by atoms with Crippen LogP contribution in [0.4, 0.5) is 4.79 Å². The number of ether oxygens (including phenoxy) is 2. The molecule has 0 fully saturated rings. The van der Waals surface area contributed by atoms with E-state index in [1.807, 2.05) is 70.2 Å². The SMILES string of the molecule is Cc1ccc(C(C(=O)NC(Cc2ccccc2)C(=O)OC(C)(C)C)N(CCO)C(=O)C(CC(C)C)NC(=O)OC(C)(C)C)cc1C. The average Bonchev–Trinajstić information content (AvgIpc) is 2.92. The van der Waals surface area contributed by atoms with Crippen molar-refractivity contribution in [1.29, 1.82) is 0 Å². The molecule has 3 N–H and O–H groups in total. The molecular formula is C36H53N3O7. The van der Waals surface area contributed by atoms with Gasteiger partial charge in [0.25, 0.3) is 0 Å². The second-order valence-electron chi connectivity index (χ2n) is 14.1. The van der Waals surface area contributed by atoms with Gasteiger partial charge in [0, 0.05) is 13.0 Å². The van der Waals surface area contributed by atoms with Crippen molar-refractivity contribution < 1.29 is 33.8 Å². The van der Waals surface area contributed by atoms with E-state index in [-0.39, 0.29) is 25.3 Å². The second kappa shape index (κ2) is 16.6. The Hall–Kier alpha value is -3.92. The van der Waals surface area contributed by atoms with E-state index in [1.54, 1.807) is 47.6 Å². The van der Waals surface area contributed by atoms with Crippen LogP contribution in [0.5, 0.6) is 0 Å². The van der Waals surface area contributed by atoms with Crippen LogP contribution in [0.2, 0.25) is 0 Å². The van der Waals surface area contributed by atoms with Crippen molar-refractivity contribution in [2.75, 3.05) is 13.2 Å². The van der Waals surface area contributed by atoms with Crippen molar-refractivity contribution in [1.82, 2.24) is 15.5 Å². The maximum atomic E-state index is 14.4. The Morgan fingerprint density at radius 1 is 0.826 bits per heavy atom. The quantitative estimate of drug-likeness (QED) is 0.257. The van der Waals surface area contributed by atoms with Gasteiger partial charge in [-0.15, -0.1) is 0 Å². The fourth-order valence-corrected chi connectivity index (χ4v) is 4.89. The number of esters is 1. The van der Waals surface area contributed by atoms with E-state index in [1.165, 1.54) is 4.90 Å². The van der Waals surface area contributed by atoms with Gasteiger partial charge in [-0.3, -0.25) is 9.59 Å². The molecule has 0 saturated heterocycles. The highest BCUT2D eigenvalue weighted by atomic mass is 16.6. The van der Waals surface area contributed by atoms with Crippen molar-refractivity contribution in [3.05, 3.63) is 70.8 Å². The zero-order valence-corrected chi connectivity index (χ0v) is 29.1. The average molecular weight is 640 g/mol. The van der Waals surface area contributed by atoms with Crippen molar-refractivity contribution in [2.24, 2.45) is 5.92 Å². The van der Waals surface area contributed by atoms with Gasteiger partial charge in [-0.1, -0.05) is 62.4 Å². The van der Waals surface area contributed by atoms with Gasteiger partial charge in [-0.05, 0) is 90.0 Å². The number of amides is 3. The van der Waals surface area contributed by atoms with Crippen molar-refractivity contribution in [3.63, 3.8) is 0 Å². The molecule has 0 heterocycles. The van der Waals surface area contributed by atoms with Crippen LogP contribution in [0, 0.1) is 19.8 Å². The van der Waals surface area contributed by atoms with Crippen molar-refractivity contribution in [2.45, 2.75) is 111 Å². The van der Waals surface area contributed by atoms with Crippen LogP contribution < -0.4 is 10.6 Å². The number of rotatable bonds is 13. The molecule has 2 aromatic carbocycles. The summed E-state index contributed by atoms with van der Waals surface area (Å²) in [6.07, 6.45) is -0.350. The van der Waals surface area contributed by atoms with Crippen LogP contribution >= 0.6 is 0 Å². The molecule has 3 unspecified atom stereocenters. The highest BCUT2D eigenvalue weighted by Crippen LogP contribution is 2.26. The van der Waals surface area contributed by atoms with Crippen LogP contribution in [0.15, 0.2) is 48.5 Å². The number of benzene rings is 2. The van der Waals surface area contributed by atoms with Crippen molar-refractivity contribution >= 4 is 23.9 Å². The minimum atomic E-state index is -1.24. The smallest absolute Gasteiger partial charge is 0.408 e. The number of alkyl carbamates (subject to hydrolysis) is 1. The van der Waals surface area contributed by atoms with E-state index >= 15 is 0 Å². The van der Waals surface area contributed by atoms with E-state index in [2.05, 4.69) is 10.6 Å². The number of aryl methyl sites for hydroxylation is 2.